The maximum atomic E-state index is 12.2. The second-order valence-electron chi connectivity index (χ2n) is 6.01. The smallest absolute Gasteiger partial charge is 0.258 e. The number of hydrogen-bond acceptors (Lipinski definition) is 5. The number of methoxy groups -OCH3 is 1. The van der Waals surface area contributed by atoms with Crippen LogP contribution in [0.3, 0.4) is 0 Å². The number of aromatic amines is 1. The van der Waals surface area contributed by atoms with E-state index in [9.17, 15) is 4.79 Å². The average Bonchev–Trinajstić information content (AvgIpc) is 2.60. The molecule has 1 atom stereocenters. The van der Waals surface area contributed by atoms with E-state index >= 15 is 0 Å². The van der Waals surface area contributed by atoms with Crippen LogP contribution in [0.15, 0.2) is 29.1 Å². The van der Waals surface area contributed by atoms with Crippen molar-refractivity contribution in [3.8, 4) is 0 Å². The van der Waals surface area contributed by atoms with Crippen LogP contribution >= 0.6 is 0 Å². The first-order chi connectivity index (χ1) is 11.2. The molecule has 23 heavy (non-hydrogen) atoms. The fourth-order valence-electron chi connectivity index (χ4n) is 3.07. The van der Waals surface area contributed by atoms with Crippen molar-refractivity contribution in [3.63, 3.8) is 0 Å². The first-order valence-electron chi connectivity index (χ1n) is 8.13. The fourth-order valence-corrected chi connectivity index (χ4v) is 3.07. The van der Waals surface area contributed by atoms with Crippen LogP contribution < -0.4 is 5.56 Å². The quantitative estimate of drug-likeness (QED) is 0.899. The van der Waals surface area contributed by atoms with Crippen LogP contribution in [0.2, 0.25) is 0 Å². The van der Waals surface area contributed by atoms with E-state index < -0.39 is 0 Å². The van der Waals surface area contributed by atoms with Gasteiger partial charge in [0.05, 0.1) is 23.6 Å². The zero-order valence-corrected chi connectivity index (χ0v) is 13.8. The summed E-state index contributed by atoms with van der Waals surface area (Å²) < 4.78 is 5.14. The van der Waals surface area contributed by atoms with Crippen LogP contribution in [-0.4, -0.2) is 66.2 Å². The third-order valence-electron chi connectivity index (χ3n) is 4.59. The van der Waals surface area contributed by atoms with Crippen LogP contribution in [0.25, 0.3) is 10.9 Å². The fraction of sp³-hybridized carbons (Fsp3) is 0.529. The summed E-state index contributed by atoms with van der Waals surface area (Å²) in [6.45, 7) is 7.84. The van der Waals surface area contributed by atoms with Crippen LogP contribution in [0.5, 0.6) is 0 Å². The maximum absolute atomic E-state index is 12.2. The molecular weight excluding hydrogens is 292 g/mol. The molecule has 0 amide bonds. The highest BCUT2D eigenvalue weighted by atomic mass is 16.5. The Kier molecular flexibility index (Phi) is 5.05. The van der Waals surface area contributed by atoms with E-state index in [-0.39, 0.29) is 11.6 Å². The topological polar surface area (TPSA) is 61.5 Å². The van der Waals surface area contributed by atoms with Crippen LogP contribution in [0, 0.1) is 0 Å². The summed E-state index contributed by atoms with van der Waals surface area (Å²) in [6, 6.07) is 7.59. The van der Waals surface area contributed by atoms with Gasteiger partial charge in [0.2, 0.25) is 0 Å². The Morgan fingerprint density at radius 2 is 2.00 bits per heavy atom. The number of nitrogens with one attached hydrogen (secondary N) is 1. The van der Waals surface area contributed by atoms with Crippen LogP contribution in [0.4, 0.5) is 0 Å². The minimum atomic E-state index is -0.0591. The SMILES string of the molecule is COCCN1CCN([C@@H](C)c2nc3ccccc3c(=O)[nH]2)CC1. The molecule has 0 spiro atoms. The van der Waals surface area contributed by atoms with Gasteiger partial charge in [-0.15, -0.1) is 0 Å². The van der Waals surface area contributed by atoms with E-state index in [2.05, 4.69) is 26.7 Å². The minimum Gasteiger partial charge on any atom is -0.383 e. The number of fused-ring (bicyclic) bond motifs is 1. The van der Waals surface area contributed by atoms with Gasteiger partial charge in [0.25, 0.3) is 5.56 Å². The lowest BCUT2D eigenvalue weighted by atomic mass is 10.2. The standard InChI is InChI=1S/C17H24N4O2/c1-13(21-9-7-20(8-10-21)11-12-23-2)16-18-15-6-4-3-5-14(15)17(22)19-16/h3-6,13H,7-12H2,1-2H3,(H,18,19,22)/t13-/m0/s1. The van der Waals surface area contributed by atoms with Gasteiger partial charge in [-0.1, -0.05) is 12.1 Å². The Morgan fingerprint density at radius 1 is 1.26 bits per heavy atom. The second-order valence-corrected chi connectivity index (χ2v) is 6.01. The minimum absolute atomic E-state index is 0.0591. The van der Waals surface area contributed by atoms with Crippen molar-refractivity contribution in [2.45, 2.75) is 13.0 Å². The number of aromatic nitrogens is 2. The predicted molar refractivity (Wildman–Crippen MR) is 90.7 cm³/mol. The summed E-state index contributed by atoms with van der Waals surface area (Å²) in [5, 5.41) is 0.646. The molecule has 1 aliphatic rings. The number of nitrogens with zero attached hydrogens (tertiary/aromatic N) is 3. The first-order valence-corrected chi connectivity index (χ1v) is 8.13. The highest BCUT2D eigenvalue weighted by molar-refractivity contribution is 5.77. The van der Waals surface area contributed by atoms with Crippen molar-refractivity contribution in [2.75, 3.05) is 46.4 Å². The van der Waals surface area contributed by atoms with Gasteiger partial charge >= 0.3 is 0 Å². The molecule has 1 fully saturated rings. The molecule has 1 saturated heterocycles. The summed E-state index contributed by atoms with van der Waals surface area (Å²) >= 11 is 0. The van der Waals surface area contributed by atoms with E-state index in [1.807, 2.05) is 24.3 Å². The molecule has 1 aromatic carbocycles. The number of rotatable bonds is 5. The second kappa shape index (κ2) is 7.21. The predicted octanol–water partition coefficient (Wildman–Crippen LogP) is 1.25. The molecule has 1 aliphatic heterocycles. The van der Waals surface area contributed by atoms with E-state index in [0.717, 1.165) is 50.7 Å². The number of ether oxygens (including phenoxy) is 1. The molecule has 6 heteroatoms. The van der Waals surface area contributed by atoms with Crippen molar-refractivity contribution in [1.29, 1.82) is 0 Å². The third kappa shape index (κ3) is 3.60. The Balaban J connectivity index is 1.71. The molecular formula is C17H24N4O2. The van der Waals surface area contributed by atoms with Crippen molar-refractivity contribution >= 4 is 10.9 Å². The Labute approximate surface area is 136 Å². The lowest BCUT2D eigenvalue weighted by molar-refractivity contribution is 0.0766. The van der Waals surface area contributed by atoms with Gasteiger partial charge in [-0.05, 0) is 19.1 Å². The van der Waals surface area contributed by atoms with Crippen LogP contribution in [-0.2, 0) is 4.74 Å². The van der Waals surface area contributed by atoms with E-state index in [0.29, 0.717) is 5.39 Å². The maximum Gasteiger partial charge on any atom is 0.258 e. The highest BCUT2D eigenvalue weighted by Gasteiger charge is 2.23. The number of H-pyrrole nitrogens is 1. The summed E-state index contributed by atoms with van der Waals surface area (Å²) in [5.41, 5.74) is 0.702. The first kappa shape index (κ1) is 16.1. The number of para-hydroxylation sites is 1. The van der Waals surface area contributed by atoms with Gasteiger partial charge in [-0.25, -0.2) is 4.98 Å². The highest BCUT2D eigenvalue weighted by Crippen LogP contribution is 2.19. The van der Waals surface area contributed by atoms with Crippen molar-refractivity contribution in [2.24, 2.45) is 0 Å². The third-order valence-corrected chi connectivity index (χ3v) is 4.59. The van der Waals surface area contributed by atoms with E-state index in [1.165, 1.54) is 0 Å². The molecule has 0 bridgehead atoms. The van der Waals surface area contributed by atoms with Gasteiger partial charge in [0, 0.05) is 39.8 Å². The normalized spacial score (nSPS) is 18.3. The molecule has 124 valence electrons. The molecule has 6 nitrogen and oxygen atoms in total. The van der Waals surface area contributed by atoms with Crippen molar-refractivity contribution in [3.05, 3.63) is 40.4 Å². The van der Waals surface area contributed by atoms with Gasteiger partial charge < -0.3 is 9.72 Å². The van der Waals surface area contributed by atoms with Gasteiger partial charge in [0.1, 0.15) is 5.82 Å². The van der Waals surface area contributed by atoms with Gasteiger partial charge in [-0.2, -0.15) is 0 Å². The summed E-state index contributed by atoms with van der Waals surface area (Å²) in [4.78, 5) is 24.6. The summed E-state index contributed by atoms with van der Waals surface area (Å²) in [7, 11) is 1.74. The molecule has 0 saturated carbocycles. The number of hydrogen-bond donors (Lipinski definition) is 1. The average molecular weight is 316 g/mol. The van der Waals surface area contributed by atoms with E-state index in [1.54, 1.807) is 7.11 Å². The number of piperazine rings is 1. The Hall–Kier alpha value is -1.76. The molecule has 0 radical (unpaired) electrons. The molecule has 2 aromatic rings. The zero-order chi connectivity index (χ0) is 16.2. The molecule has 3 rings (SSSR count). The molecule has 0 unspecified atom stereocenters. The lowest BCUT2D eigenvalue weighted by Crippen LogP contribution is -2.48. The Bertz CT molecular complexity index is 707. The Morgan fingerprint density at radius 3 is 2.74 bits per heavy atom. The molecule has 1 N–H and O–H groups in total. The van der Waals surface area contributed by atoms with E-state index in [4.69, 9.17) is 4.74 Å². The molecule has 1 aromatic heterocycles. The molecule has 0 aliphatic carbocycles. The molecule has 2 heterocycles. The summed E-state index contributed by atoms with van der Waals surface area (Å²) in [5.74, 6) is 0.749. The summed E-state index contributed by atoms with van der Waals surface area (Å²) in [6.07, 6.45) is 0. The van der Waals surface area contributed by atoms with Gasteiger partial charge in [-0.3, -0.25) is 14.6 Å². The van der Waals surface area contributed by atoms with Crippen LogP contribution in [0.1, 0.15) is 18.8 Å². The largest absolute Gasteiger partial charge is 0.383 e. The number of benzene rings is 1. The monoisotopic (exact) mass is 316 g/mol. The van der Waals surface area contributed by atoms with Crippen molar-refractivity contribution in [1.82, 2.24) is 19.8 Å². The van der Waals surface area contributed by atoms with Crippen molar-refractivity contribution < 1.29 is 4.74 Å². The zero-order valence-electron chi connectivity index (χ0n) is 13.8. The lowest BCUT2D eigenvalue weighted by Gasteiger charge is -2.37. The van der Waals surface area contributed by atoms with Gasteiger partial charge in [0.15, 0.2) is 0 Å².